The number of benzene rings is 2. The van der Waals surface area contributed by atoms with Gasteiger partial charge < -0.3 is 29.1 Å². The Morgan fingerprint density at radius 2 is 1.67 bits per heavy atom. The fraction of sp³-hybridized carbons (Fsp3) is 0.472. The van der Waals surface area contributed by atoms with E-state index in [1.807, 2.05) is 6.92 Å². The van der Waals surface area contributed by atoms with E-state index in [2.05, 4.69) is 9.88 Å². The average molecular weight is 739 g/mol. The van der Waals surface area contributed by atoms with Gasteiger partial charge in [-0.2, -0.15) is 26.3 Å². The van der Waals surface area contributed by atoms with Crippen LogP contribution in [0.25, 0.3) is 0 Å². The second-order valence-corrected chi connectivity index (χ2v) is 12.6. The molecule has 2 aliphatic heterocycles. The number of methoxy groups -OCH3 is 1. The van der Waals surface area contributed by atoms with Crippen molar-refractivity contribution in [2.24, 2.45) is 0 Å². The first-order valence-electron chi connectivity index (χ1n) is 16.9. The van der Waals surface area contributed by atoms with E-state index < -0.39 is 47.6 Å². The number of hydrogen-bond donors (Lipinski definition) is 1. The van der Waals surface area contributed by atoms with Crippen molar-refractivity contribution in [1.82, 2.24) is 4.98 Å². The second kappa shape index (κ2) is 16.3. The van der Waals surface area contributed by atoms with E-state index in [1.54, 1.807) is 41.4 Å². The zero-order valence-corrected chi connectivity index (χ0v) is 28.7. The smallest absolute Gasteiger partial charge is 0.416 e. The number of rotatable bonds is 12. The molecule has 52 heavy (non-hydrogen) atoms. The first-order valence-corrected chi connectivity index (χ1v) is 16.9. The third-order valence-electron chi connectivity index (χ3n) is 9.17. The molecule has 1 fully saturated rings. The first-order chi connectivity index (χ1) is 24.7. The van der Waals surface area contributed by atoms with Crippen molar-refractivity contribution >= 4 is 29.3 Å². The Morgan fingerprint density at radius 3 is 2.25 bits per heavy atom. The number of nitrogens with zero attached hydrogens (tertiary/aromatic N) is 4. The molecular formula is C36H40F6N4O6. The van der Waals surface area contributed by atoms with Crippen LogP contribution in [0.4, 0.5) is 48.3 Å². The van der Waals surface area contributed by atoms with Gasteiger partial charge in [0.15, 0.2) is 0 Å². The minimum Gasteiger partial charge on any atom is -0.497 e. The Bertz CT molecular complexity index is 1670. The van der Waals surface area contributed by atoms with Gasteiger partial charge in [-0.05, 0) is 79.8 Å². The normalized spacial score (nSPS) is 17.8. The van der Waals surface area contributed by atoms with Crippen molar-refractivity contribution in [3.05, 3.63) is 77.0 Å². The number of unbranched alkanes of at least 4 members (excludes halogenated alkanes) is 1. The maximum atomic E-state index is 13.9. The van der Waals surface area contributed by atoms with Crippen molar-refractivity contribution in [2.45, 2.75) is 70.0 Å². The number of hydrogen-bond acceptors (Lipinski definition) is 8. The molecule has 3 heterocycles. The fourth-order valence-corrected chi connectivity index (χ4v) is 6.55. The van der Waals surface area contributed by atoms with Crippen LogP contribution in [-0.2, 0) is 33.2 Å². The lowest BCUT2D eigenvalue weighted by Crippen LogP contribution is -2.48. The minimum atomic E-state index is -5.04. The molecule has 1 N–H and O–H groups in total. The number of alkyl halides is 6. The summed E-state index contributed by atoms with van der Waals surface area (Å²) in [7, 11) is 1.45. The van der Waals surface area contributed by atoms with Crippen LogP contribution in [0.15, 0.2) is 54.7 Å². The fourth-order valence-electron chi connectivity index (χ4n) is 6.55. The Hall–Kier alpha value is -4.73. The van der Waals surface area contributed by atoms with Crippen LogP contribution >= 0.6 is 0 Å². The lowest BCUT2D eigenvalue weighted by molar-refractivity contribution is -0.143. The van der Waals surface area contributed by atoms with Crippen LogP contribution in [0.5, 0.6) is 5.75 Å². The highest BCUT2D eigenvalue weighted by molar-refractivity contribution is 5.90. The molecule has 0 bridgehead atoms. The third-order valence-corrected chi connectivity index (χ3v) is 9.17. The largest absolute Gasteiger partial charge is 0.497 e. The minimum absolute atomic E-state index is 0.0173. The molecule has 0 spiro atoms. The molecule has 2 aromatic carbocycles. The van der Waals surface area contributed by atoms with Gasteiger partial charge in [0.25, 0.3) is 0 Å². The SMILES string of the molecule is CC[C@@H]1C[C@H](N(Cc2cc(C(F)(F)F)cc(C(F)(F)F)c2)c2ccc(N3CCOCC3)cn2)c2cc(OC)ccc2N1C(=O)OCCCCC(=O)O. The van der Waals surface area contributed by atoms with E-state index in [9.17, 15) is 35.9 Å². The van der Waals surface area contributed by atoms with Crippen LogP contribution in [0.1, 0.15) is 67.3 Å². The average Bonchev–Trinajstić information content (AvgIpc) is 3.12. The molecule has 3 aromatic rings. The van der Waals surface area contributed by atoms with Gasteiger partial charge in [0, 0.05) is 37.7 Å². The maximum Gasteiger partial charge on any atom is 0.416 e. The number of halogens is 6. The number of aliphatic carboxylic acids is 1. The van der Waals surface area contributed by atoms with Gasteiger partial charge in [-0.1, -0.05) is 6.92 Å². The Kier molecular flexibility index (Phi) is 12.1. The van der Waals surface area contributed by atoms with Gasteiger partial charge in [0.1, 0.15) is 11.6 Å². The molecule has 282 valence electrons. The van der Waals surface area contributed by atoms with Gasteiger partial charge in [-0.25, -0.2) is 9.78 Å². The number of carboxylic acid groups (broad SMARTS) is 1. The van der Waals surface area contributed by atoms with Crippen molar-refractivity contribution in [1.29, 1.82) is 0 Å². The van der Waals surface area contributed by atoms with Gasteiger partial charge in [-0.3, -0.25) is 9.69 Å². The maximum absolute atomic E-state index is 13.9. The molecule has 0 radical (unpaired) electrons. The van der Waals surface area contributed by atoms with Gasteiger partial charge in [-0.15, -0.1) is 0 Å². The third kappa shape index (κ3) is 9.19. The summed E-state index contributed by atoms with van der Waals surface area (Å²) in [6.07, 6.45) is -7.92. The molecule has 1 saturated heterocycles. The predicted molar refractivity (Wildman–Crippen MR) is 180 cm³/mol. The van der Waals surface area contributed by atoms with Crippen molar-refractivity contribution in [3.8, 4) is 5.75 Å². The number of fused-ring (bicyclic) bond motifs is 1. The summed E-state index contributed by atoms with van der Waals surface area (Å²) in [6.45, 7) is 3.73. The number of carbonyl (C=O) groups excluding carboxylic acids is 1. The number of morpholine rings is 1. The molecule has 1 aromatic heterocycles. The molecule has 5 rings (SSSR count). The van der Waals surface area contributed by atoms with E-state index in [-0.39, 0.29) is 37.6 Å². The molecule has 2 atom stereocenters. The van der Waals surface area contributed by atoms with Crippen LogP contribution in [0.2, 0.25) is 0 Å². The number of anilines is 3. The monoisotopic (exact) mass is 738 g/mol. The molecule has 0 aliphatic carbocycles. The molecule has 16 heteroatoms. The highest BCUT2D eigenvalue weighted by Gasteiger charge is 2.41. The van der Waals surface area contributed by atoms with E-state index in [1.165, 1.54) is 12.0 Å². The summed E-state index contributed by atoms with van der Waals surface area (Å²) in [5.41, 5.74) is -1.37. The zero-order chi connectivity index (χ0) is 37.6. The van der Waals surface area contributed by atoms with E-state index in [0.717, 1.165) is 5.69 Å². The lowest BCUT2D eigenvalue weighted by atomic mass is 9.88. The molecular weight excluding hydrogens is 698 g/mol. The highest BCUT2D eigenvalue weighted by Crippen LogP contribution is 2.46. The summed E-state index contributed by atoms with van der Waals surface area (Å²) < 4.78 is 100. The van der Waals surface area contributed by atoms with E-state index >= 15 is 0 Å². The highest BCUT2D eigenvalue weighted by atomic mass is 19.4. The molecule has 10 nitrogen and oxygen atoms in total. The standard InChI is InChI=1S/C36H40F6N4O6/c1-3-26-19-31(29-20-28(50-2)8-9-30(29)46(26)34(49)52-13-5-4-6-33(47)48)45(32-10-7-27(21-43-32)44-11-14-51-15-12-44)22-23-16-24(35(37,38)39)18-25(17-23)36(40,41)42/h7-10,16-18,20-21,26,31H,3-6,11-15,19,22H2,1-2H3,(H,47,48)/t26-,31+/m1/s1. The molecule has 2 aliphatic rings. The summed E-state index contributed by atoms with van der Waals surface area (Å²) >= 11 is 0. The zero-order valence-electron chi connectivity index (χ0n) is 28.7. The first kappa shape index (κ1) is 38.5. The van der Waals surface area contributed by atoms with Gasteiger partial charge in [0.05, 0.1) is 61.7 Å². The van der Waals surface area contributed by atoms with Crippen molar-refractivity contribution in [2.75, 3.05) is 54.7 Å². The van der Waals surface area contributed by atoms with E-state index in [0.29, 0.717) is 80.5 Å². The van der Waals surface area contributed by atoms with Crippen LogP contribution in [-0.4, -0.2) is 68.2 Å². The van der Waals surface area contributed by atoms with Crippen LogP contribution in [0.3, 0.4) is 0 Å². The summed E-state index contributed by atoms with van der Waals surface area (Å²) in [5.74, 6) is -0.252. The van der Waals surface area contributed by atoms with Crippen molar-refractivity contribution in [3.63, 3.8) is 0 Å². The number of carboxylic acids is 1. The number of amides is 1. The van der Waals surface area contributed by atoms with Crippen LogP contribution < -0.4 is 19.4 Å². The number of carbonyl (C=O) groups is 2. The van der Waals surface area contributed by atoms with Crippen LogP contribution in [0, 0.1) is 0 Å². The lowest BCUT2D eigenvalue weighted by Gasteiger charge is -2.44. The Balaban J connectivity index is 1.59. The topological polar surface area (TPSA) is 105 Å². The number of pyridine rings is 1. The predicted octanol–water partition coefficient (Wildman–Crippen LogP) is 8.09. The van der Waals surface area contributed by atoms with E-state index in [4.69, 9.17) is 19.3 Å². The summed E-state index contributed by atoms with van der Waals surface area (Å²) in [6, 6.07) is 8.80. The molecule has 1 amide bonds. The number of aromatic nitrogens is 1. The Labute approximate surface area is 296 Å². The quantitative estimate of drug-likeness (QED) is 0.146. The second-order valence-electron chi connectivity index (χ2n) is 12.6. The summed E-state index contributed by atoms with van der Waals surface area (Å²) in [4.78, 5) is 34.4. The van der Waals surface area contributed by atoms with Crippen molar-refractivity contribution < 1.29 is 55.2 Å². The molecule has 0 saturated carbocycles. The molecule has 0 unspecified atom stereocenters. The van der Waals surface area contributed by atoms with Gasteiger partial charge >= 0.3 is 24.4 Å². The Morgan fingerprint density at radius 1 is 0.981 bits per heavy atom. The number of ether oxygens (including phenoxy) is 3. The summed E-state index contributed by atoms with van der Waals surface area (Å²) in [5, 5.41) is 8.92. The van der Waals surface area contributed by atoms with Gasteiger partial charge in [0.2, 0.25) is 0 Å².